The molecule has 2 saturated heterocycles. The second-order valence-electron chi connectivity index (χ2n) is 4.49. The van der Waals surface area contributed by atoms with Crippen LogP contribution in [0.4, 0.5) is 0 Å². The van der Waals surface area contributed by atoms with Crippen LogP contribution in [-0.2, 0) is 0 Å². The highest BCUT2D eigenvalue weighted by molar-refractivity contribution is 5.11. The highest BCUT2D eigenvalue weighted by Crippen LogP contribution is 2.13. The third-order valence-electron chi connectivity index (χ3n) is 3.30. The van der Waals surface area contributed by atoms with Crippen molar-refractivity contribution in [2.45, 2.75) is 18.9 Å². The van der Waals surface area contributed by atoms with E-state index >= 15 is 0 Å². The van der Waals surface area contributed by atoms with Crippen molar-refractivity contribution in [3.8, 4) is 11.8 Å². The normalized spacial score (nSPS) is 28.7. The lowest BCUT2D eigenvalue weighted by Gasteiger charge is -2.25. The summed E-state index contributed by atoms with van der Waals surface area (Å²) in [6.45, 7) is 6.69. The largest absolute Gasteiger partial charge is 0.314 e. The van der Waals surface area contributed by atoms with Gasteiger partial charge < -0.3 is 5.32 Å². The third-order valence-corrected chi connectivity index (χ3v) is 3.30. The Bertz CT molecular complexity index is 247. The summed E-state index contributed by atoms with van der Waals surface area (Å²) in [7, 11) is 2.18. The molecule has 0 amide bonds. The Labute approximate surface area is 92.8 Å². The summed E-state index contributed by atoms with van der Waals surface area (Å²) in [5.41, 5.74) is 0. The molecule has 0 aliphatic carbocycles. The Hall–Kier alpha value is -0.560. The van der Waals surface area contributed by atoms with Crippen LogP contribution in [0.1, 0.15) is 12.8 Å². The molecule has 0 bridgehead atoms. The molecule has 3 heteroatoms. The zero-order chi connectivity index (χ0) is 10.5. The molecule has 0 radical (unpaired) electrons. The van der Waals surface area contributed by atoms with Gasteiger partial charge in [0.15, 0.2) is 0 Å². The number of nitrogens with zero attached hydrogens (tertiary/aromatic N) is 2. The van der Waals surface area contributed by atoms with Crippen LogP contribution < -0.4 is 5.32 Å². The zero-order valence-corrected chi connectivity index (χ0v) is 9.63. The number of hydrogen-bond donors (Lipinski definition) is 1. The highest BCUT2D eigenvalue weighted by Gasteiger charge is 2.17. The van der Waals surface area contributed by atoms with Crippen LogP contribution in [0, 0.1) is 11.8 Å². The summed E-state index contributed by atoms with van der Waals surface area (Å²) in [5, 5.41) is 3.36. The predicted molar refractivity (Wildman–Crippen MR) is 62.7 cm³/mol. The molecular weight excluding hydrogens is 186 g/mol. The molecule has 0 aromatic heterocycles. The molecule has 2 heterocycles. The van der Waals surface area contributed by atoms with Gasteiger partial charge in [0.25, 0.3) is 0 Å². The summed E-state index contributed by atoms with van der Waals surface area (Å²) in [6, 6.07) is 0.521. The minimum atomic E-state index is 0.521. The molecule has 0 aromatic carbocycles. The van der Waals surface area contributed by atoms with Crippen molar-refractivity contribution in [3.63, 3.8) is 0 Å². The third kappa shape index (κ3) is 3.20. The van der Waals surface area contributed by atoms with Gasteiger partial charge >= 0.3 is 0 Å². The van der Waals surface area contributed by atoms with Gasteiger partial charge in [-0.1, -0.05) is 11.8 Å². The molecule has 2 rings (SSSR count). The van der Waals surface area contributed by atoms with Gasteiger partial charge in [0.1, 0.15) is 0 Å². The fourth-order valence-electron chi connectivity index (χ4n) is 2.24. The van der Waals surface area contributed by atoms with Crippen molar-refractivity contribution in [2.75, 3.05) is 46.3 Å². The first-order valence-electron chi connectivity index (χ1n) is 5.98. The minimum Gasteiger partial charge on any atom is -0.314 e. The van der Waals surface area contributed by atoms with E-state index in [1.165, 1.54) is 19.4 Å². The van der Waals surface area contributed by atoms with Crippen LogP contribution >= 0.6 is 0 Å². The monoisotopic (exact) mass is 207 g/mol. The first-order chi connectivity index (χ1) is 7.36. The van der Waals surface area contributed by atoms with E-state index < -0.39 is 0 Å². The summed E-state index contributed by atoms with van der Waals surface area (Å²) in [5.74, 6) is 6.73. The molecule has 1 atom stereocenters. The first-order valence-corrected chi connectivity index (χ1v) is 5.98. The van der Waals surface area contributed by atoms with Crippen molar-refractivity contribution in [1.82, 2.24) is 15.1 Å². The summed E-state index contributed by atoms with van der Waals surface area (Å²) in [6.07, 6.45) is 2.56. The topological polar surface area (TPSA) is 18.5 Å². The van der Waals surface area contributed by atoms with Gasteiger partial charge in [-0.05, 0) is 26.4 Å². The fraction of sp³-hybridized carbons (Fsp3) is 0.833. The first kappa shape index (κ1) is 10.9. The number of likely N-dealkylation sites (tertiary alicyclic amines) is 1. The maximum absolute atomic E-state index is 3.39. The van der Waals surface area contributed by atoms with E-state index in [1.807, 2.05) is 0 Å². The Morgan fingerprint density at radius 3 is 2.73 bits per heavy atom. The summed E-state index contributed by atoms with van der Waals surface area (Å²) in [4.78, 5) is 4.79. The van der Waals surface area contributed by atoms with Crippen LogP contribution in [0.15, 0.2) is 0 Å². The number of hydrogen-bond acceptors (Lipinski definition) is 3. The molecule has 84 valence electrons. The smallest absolute Gasteiger partial charge is 0.0713 e. The second kappa shape index (κ2) is 5.50. The SMILES string of the molecule is CN1CCCC1C#CCN1CCNCC1. The molecule has 1 N–H and O–H groups in total. The van der Waals surface area contributed by atoms with Gasteiger partial charge in [0, 0.05) is 26.2 Å². The standard InChI is InChI=1S/C12H21N3/c1-14-8-2-4-12(14)5-3-9-15-10-6-13-7-11-15/h12-13H,2,4,6-11H2,1H3. The van der Waals surface area contributed by atoms with Crippen molar-refractivity contribution in [3.05, 3.63) is 0 Å². The molecule has 15 heavy (non-hydrogen) atoms. The minimum absolute atomic E-state index is 0.521. The van der Waals surface area contributed by atoms with Crippen molar-refractivity contribution in [1.29, 1.82) is 0 Å². The Balaban J connectivity index is 1.73. The van der Waals surface area contributed by atoms with E-state index in [-0.39, 0.29) is 0 Å². The molecule has 2 aliphatic heterocycles. The van der Waals surface area contributed by atoms with Gasteiger partial charge in [-0.3, -0.25) is 9.80 Å². The van der Waals surface area contributed by atoms with E-state index in [1.54, 1.807) is 0 Å². The van der Waals surface area contributed by atoms with Crippen LogP contribution in [-0.4, -0.2) is 62.2 Å². The molecule has 1 unspecified atom stereocenters. The van der Waals surface area contributed by atoms with Crippen LogP contribution in [0.5, 0.6) is 0 Å². The Kier molecular flexibility index (Phi) is 4.01. The Morgan fingerprint density at radius 1 is 1.27 bits per heavy atom. The average Bonchev–Trinajstić information content (AvgIpc) is 2.66. The lowest BCUT2D eigenvalue weighted by molar-refractivity contribution is 0.268. The highest BCUT2D eigenvalue weighted by atomic mass is 15.2. The van der Waals surface area contributed by atoms with Crippen molar-refractivity contribution < 1.29 is 0 Å². The molecular formula is C12H21N3. The molecule has 2 fully saturated rings. The van der Waals surface area contributed by atoms with Crippen LogP contribution in [0.25, 0.3) is 0 Å². The molecule has 0 saturated carbocycles. The van der Waals surface area contributed by atoms with Gasteiger partial charge in [-0.25, -0.2) is 0 Å². The molecule has 0 spiro atoms. The van der Waals surface area contributed by atoms with Gasteiger partial charge in [0.2, 0.25) is 0 Å². The van der Waals surface area contributed by atoms with Gasteiger partial charge in [0.05, 0.1) is 12.6 Å². The van der Waals surface area contributed by atoms with Gasteiger partial charge in [-0.15, -0.1) is 0 Å². The number of rotatable bonds is 1. The lowest BCUT2D eigenvalue weighted by atomic mass is 10.2. The van der Waals surface area contributed by atoms with Gasteiger partial charge in [-0.2, -0.15) is 0 Å². The zero-order valence-electron chi connectivity index (χ0n) is 9.63. The van der Waals surface area contributed by atoms with E-state index in [2.05, 4.69) is 34.0 Å². The van der Waals surface area contributed by atoms with E-state index in [4.69, 9.17) is 0 Å². The number of nitrogens with one attached hydrogen (secondary N) is 1. The fourth-order valence-corrected chi connectivity index (χ4v) is 2.24. The maximum Gasteiger partial charge on any atom is 0.0713 e. The molecule has 0 aromatic rings. The number of piperazine rings is 1. The van der Waals surface area contributed by atoms with E-state index in [0.29, 0.717) is 6.04 Å². The van der Waals surface area contributed by atoms with Crippen molar-refractivity contribution in [2.24, 2.45) is 0 Å². The molecule has 3 nitrogen and oxygen atoms in total. The summed E-state index contributed by atoms with van der Waals surface area (Å²) >= 11 is 0. The molecule has 2 aliphatic rings. The summed E-state index contributed by atoms with van der Waals surface area (Å²) < 4.78 is 0. The predicted octanol–water partition coefficient (Wildman–Crippen LogP) is -0.0108. The lowest BCUT2D eigenvalue weighted by Crippen LogP contribution is -2.43. The van der Waals surface area contributed by atoms with E-state index in [0.717, 1.165) is 32.7 Å². The quantitative estimate of drug-likeness (QED) is 0.610. The van der Waals surface area contributed by atoms with Crippen molar-refractivity contribution >= 4 is 0 Å². The van der Waals surface area contributed by atoms with Crippen LogP contribution in [0.3, 0.4) is 0 Å². The maximum atomic E-state index is 3.39. The van der Waals surface area contributed by atoms with Crippen LogP contribution in [0.2, 0.25) is 0 Å². The Morgan fingerprint density at radius 2 is 2.07 bits per heavy atom. The second-order valence-corrected chi connectivity index (χ2v) is 4.49. The average molecular weight is 207 g/mol. The van der Waals surface area contributed by atoms with E-state index in [9.17, 15) is 0 Å².